The third-order valence-corrected chi connectivity index (χ3v) is 7.25. The Labute approximate surface area is 192 Å². The Balaban J connectivity index is 1.84. The van der Waals surface area contributed by atoms with Crippen molar-refractivity contribution in [2.75, 3.05) is 25.1 Å². The number of aromatic nitrogens is 3. The molecule has 1 unspecified atom stereocenters. The van der Waals surface area contributed by atoms with Gasteiger partial charge in [-0.05, 0) is 23.8 Å². The van der Waals surface area contributed by atoms with Crippen LogP contribution in [0.2, 0.25) is 14.5 Å². The van der Waals surface area contributed by atoms with E-state index in [1.807, 2.05) is 4.57 Å². The summed E-state index contributed by atoms with van der Waals surface area (Å²) in [4.78, 5) is 21.4. The molecular weight excluding hydrogens is 467 g/mol. The predicted molar refractivity (Wildman–Crippen MR) is 120 cm³/mol. The summed E-state index contributed by atoms with van der Waals surface area (Å²) >= 11 is 20.0. The van der Waals surface area contributed by atoms with Crippen molar-refractivity contribution in [2.45, 2.75) is 25.4 Å². The van der Waals surface area contributed by atoms with Gasteiger partial charge in [-0.25, -0.2) is 9.78 Å². The zero-order chi connectivity index (χ0) is 21.0. The van der Waals surface area contributed by atoms with Gasteiger partial charge in [-0.15, -0.1) is 11.3 Å². The highest BCUT2D eigenvalue weighted by Crippen LogP contribution is 2.38. The first-order valence-electron chi connectivity index (χ1n) is 9.57. The molecule has 30 heavy (non-hydrogen) atoms. The highest BCUT2D eigenvalue weighted by Gasteiger charge is 2.42. The van der Waals surface area contributed by atoms with Gasteiger partial charge >= 0.3 is 11.5 Å². The summed E-state index contributed by atoms with van der Waals surface area (Å²) in [7, 11) is 1.59. The summed E-state index contributed by atoms with van der Waals surface area (Å²) in [6, 6.07) is 5.00. The van der Waals surface area contributed by atoms with Gasteiger partial charge in [-0.3, -0.25) is 4.90 Å². The van der Waals surface area contributed by atoms with Gasteiger partial charge in [0.05, 0.1) is 31.6 Å². The summed E-state index contributed by atoms with van der Waals surface area (Å²) in [5.41, 5.74) is 0.949. The highest BCUT2D eigenvalue weighted by atomic mass is 35.5. The van der Waals surface area contributed by atoms with Crippen LogP contribution >= 0.6 is 46.1 Å². The van der Waals surface area contributed by atoms with Gasteiger partial charge in [0.15, 0.2) is 4.47 Å². The van der Waals surface area contributed by atoms with Crippen LogP contribution in [0.1, 0.15) is 23.8 Å². The molecule has 2 aliphatic heterocycles. The zero-order valence-corrected chi connectivity index (χ0v) is 19.2. The molecule has 6 nitrogen and oxygen atoms in total. The number of rotatable bonds is 3. The van der Waals surface area contributed by atoms with E-state index in [9.17, 15) is 4.79 Å². The number of benzene rings is 1. The molecule has 156 valence electrons. The second-order valence-electron chi connectivity index (χ2n) is 7.33. The standard InChI is InChI=1S/C20H18Cl3N4O2S/c1-29-18-16(11-7-12(21)9-13(22)8-11)17(28)27-14(15-10-24-19(23)30-15)3-6-25-4-2-5-26(18)20(25)27/h7-10,14H,2-6H2,1H3/q+1. The molecule has 0 saturated heterocycles. The number of thiazole rings is 1. The van der Waals surface area contributed by atoms with E-state index < -0.39 is 0 Å². The Morgan fingerprint density at radius 2 is 1.97 bits per heavy atom. The van der Waals surface area contributed by atoms with Crippen molar-refractivity contribution in [3.8, 4) is 17.0 Å². The number of methoxy groups -OCH3 is 1. The minimum Gasteiger partial charge on any atom is -0.471 e. The molecule has 10 heteroatoms. The molecule has 0 aliphatic carbocycles. The summed E-state index contributed by atoms with van der Waals surface area (Å²) in [6.07, 6.45) is 3.53. The topological polar surface area (TPSA) is 51.2 Å². The van der Waals surface area contributed by atoms with Crippen molar-refractivity contribution >= 4 is 52.1 Å². The Hall–Kier alpha value is -1.80. The first kappa shape index (κ1) is 20.1. The summed E-state index contributed by atoms with van der Waals surface area (Å²) in [6.45, 7) is 2.51. The number of hydrogen-bond donors (Lipinski definition) is 0. The van der Waals surface area contributed by atoms with Gasteiger partial charge in [0.1, 0.15) is 11.6 Å². The average molecular weight is 485 g/mol. The third-order valence-electron chi connectivity index (χ3n) is 5.59. The molecule has 0 saturated carbocycles. The SMILES string of the molecule is COc1c(-c2cc(Cl)cc(Cl)c2)c(=O)n2c3[n+]1CCCN3CCC2c1cnc(Cl)s1. The first-order chi connectivity index (χ1) is 14.5. The molecule has 5 rings (SSSR count). The fourth-order valence-electron chi connectivity index (χ4n) is 4.45. The smallest absolute Gasteiger partial charge is 0.366 e. The van der Waals surface area contributed by atoms with Crippen LogP contribution in [-0.2, 0) is 6.54 Å². The van der Waals surface area contributed by atoms with E-state index in [1.165, 1.54) is 11.3 Å². The molecule has 4 heterocycles. The molecule has 0 fully saturated rings. The summed E-state index contributed by atoms with van der Waals surface area (Å²) < 4.78 is 10.2. The minimum absolute atomic E-state index is 0.141. The molecule has 3 aromatic rings. The van der Waals surface area contributed by atoms with Crippen molar-refractivity contribution < 1.29 is 9.30 Å². The summed E-state index contributed by atoms with van der Waals surface area (Å²) in [5.74, 6) is 1.39. The third kappa shape index (κ3) is 3.19. The lowest BCUT2D eigenvalue weighted by Gasteiger charge is -2.34. The summed E-state index contributed by atoms with van der Waals surface area (Å²) in [5, 5.41) is 0.931. The average Bonchev–Trinajstić information content (AvgIpc) is 3.15. The van der Waals surface area contributed by atoms with Crippen molar-refractivity contribution in [3.05, 3.63) is 54.1 Å². The maximum Gasteiger partial charge on any atom is 0.366 e. The minimum atomic E-state index is -0.141. The number of anilines is 1. The zero-order valence-electron chi connectivity index (χ0n) is 16.1. The van der Waals surface area contributed by atoms with E-state index in [1.54, 1.807) is 31.5 Å². The molecule has 0 amide bonds. The number of nitrogens with zero attached hydrogens (tertiary/aromatic N) is 4. The fourth-order valence-corrected chi connectivity index (χ4v) is 6.05. The van der Waals surface area contributed by atoms with Crippen molar-refractivity contribution in [1.82, 2.24) is 9.55 Å². The lowest BCUT2D eigenvalue weighted by atomic mass is 10.0. The lowest BCUT2D eigenvalue weighted by Crippen LogP contribution is -2.57. The first-order valence-corrected chi connectivity index (χ1v) is 11.5. The van der Waals surface area contributed by atoms with Gasteiger partial charge in [0.2, 0.25) is 0 Å². The second kappa shape index (κ2) is 7.71. The molecule has 1 atom stereocenters. The van der Waals surface area contributed by atoms with E-state index in [2.05, 4.69) is 14.5 Å². The van der Waals surface area contributed by atoms with Crippen molar-refractivity contribution in [2.24, 2.45) is 0 Å². The van der Waals surface area contributed by atoms with Crippen LogP contribution in [0.15, 0.2) is 29.2 Å². The van der Waals surface area contributed by atoms with Crippen molar-refractivity contribution in [3.63, 3.8) is 0 Å². The highest BCUT2D eigenvalue weighted by molar-refractivity contribution is 7.15. The van der Waals surface area contributed by atoms with Gasteiger partial charge in [-0.2, -0.15) is 9.13 Å². The van der Waals surface area contributed by atoms with Crippen molar-refractivity contribution in [1.29, 1.82) is 0 Å². The van der Waals surface area contributed by atoms with E-state index in [0.29, 0.717) is 31.5 Å². The van der Waals surface area contributed by atoms with Crippen LogP contribution in [0.25, 0.3) is 11.1 Å². The van der Waals surface area contributed by atoms with Crippen LogP contribution in [0.3, 0.4) is 0 Å². The maximum atomic E-state index is 14.0. The van der Waals surface area contributed by atoms with E-state index in [0.717, 1.165) is 43.3 Å². The maximum absolute atomic E-state index is 14.0. The van der Waals surface area contributed by atoms with Crippen LogP contribution in [-0.4, -0.2) is 29.8 Å². The van der Waals surface area contributed by atoms with Crippen LogP contribution in [0.4, 0.5) is 5.95 Å². The van der Waals surface area contributed by atoms with E-state index >= 15 is 0 Å². The van der Waals surface area contributed by atoms with Gasteiger partial charge in [0, 0.05) is 29.1 Å². The van der Waals surface area contributed by atoms with Gasteiger partial charge < -0.3 is 4.74 Å². The molecule has 2 aromatic heterocycles. The van der Waals surface area contributed by atoms with E-state index in [4.69, 9.17) is 39.5 Å². The largest absolute Gasteiger partial charge is 0.471 e. The number of ether oxygens (including phenoxy) is 1. The second-order valence-corrected chi connectivity index (χ2v) is 9.85. The molecular formula is C20H18Cl3N4O2S+. The van der Waals surface area contributed by atoms with Crippen LogP contribution < -0.4 is 19.8 Å². The molecule has 0 N–H and O–H groups in total. The molecule has 1 aromatic carbocycles. The Morgan fingerprint density at radius 3 is 2.63 bits per heavy atom. The molecule has 2 aliphatic rings. The Bertz CT molecular complexity index is 1190. The monoisotopic (exact) mass is 483 g/mol. The molecule has 0 spiro atoms. The molecule has 0 bridgehead atoms. The quantitative estimate of drug-likeness (QED) is 0.516. The normalized spacial score (nSPS) is 17.7. The number of hydrogen-bond acceptors (Lipinski definition) is 5. The van der Waals surface area contributed by atoms with Crippen LogP contribution in [0, 0.1) is 0 Å². The Morgan fingerprint density at radius 1 is 1.20 bits per heavy atom. The van der Waals surface area contributed by atoms with Gasteiger partial charge in [0.25, 0.3) is 5.88 Å². The fraction of sp³-hybridized carbons (Fsp3) is 0.350. The van der Waals surface area contributed by atoms with Gasteiger partial charge in [-0.1, -0.05) is 34.8 Å². The molecule has 0 radical (unpaired) electrons. The van der Waals surface area contributed by atoms with E-state index in [-0.39, 0.29) is 11.6 Å². The Kier molecular flexibility index (Phi) is 5.17. The lowest BCUT2D eigenvalue weighted by molar-refractivity contribution is -0.697. The number of halogens is 3. The predicted octanol–water partition coefficient (Wildman–Crippen LogP) is 4.43. The van der Waals surface area contributed by atoms with Crippen LogP contribution in [0.5, 0.6) is 5.88 Å².